The van der Waals surface area contributed by atoms with Crippen molar-refractivity contribution in [2.75, 3.05) is 12.4 Å². The number of carbonyl (C=O) groups is 1. The molecule has 0 spiro atoms. The van der Waals surface area contributed by atoms with Crippen molar-refractivity contribution in [1.82, 2.24) is 4.57 Å². The van der Waals surface area contributed by atoms with E-state index in [0.29, 0.717) is 54.7 Å². The molecule has 0 aliphatic carbocycles. The van der Waals surface area contributed by atoms with Crippen molar-refractivity contribution < 1.29 is 18.9 Å². The molecule has 3 heterocycles. The number of aryl methyl sites for hydroxylation is 1. The quantitative estimate of drug-likeness (QED) is 0.196. The highest BCUT2D eigenvalue weighted by Crippen LogP contribution is 2.33. The average molecular weight is 607 g/mol. The van der Waals surface area contributed by atoms with Crippen LogP contribution in [0, 0.1) is 17.0 Å². The van der Waals surface area contributed by atoms with Gasteiger partial charge in [0.1, 0.15) is 17.3 Å². The summed E-state index contributed by atoms with van der Waals surface area (Å²) in [5, 5.41) is 14.6. The number of methoxy groups -OCH3 is 1. The minimum absolute atomic E-state index is 0.0680. The van der Waals surface area contributed by atoms with E-state index in [1.807, 2.05) is 30.3 Å². The molecular formula is C33H26N4O6S. The number of fused-ring (bicyclic) bond motifs is 1. The van der Waals surface area contributed by atoms with Crippen molar-refractivity contribution in [2.45, 2.75) is 19.9 Å². The van der Waals surface area contributed by atoms with Crippen LogP contribution in [0.5, 0.6) is 5.75 Å². The highest BCUT2D eigenvalue weighted by atomic mass is 32.1. The van der Waals surface area contributed by atoms with Gasteiger partial charge in [0, 0.05) is 17.8 Å². The van der Waals surface area contributed by atoms with Gasteiger partial charge in [-0.05, 0) is 67.4 Å². The normalized spacial score (nSPS) is 14.6. The second-order valence-electron chi connectivity index (χ2n) is 10.2. The van der Waals surface area contributed by atoms with Crippen LogP contribution in [0.25, 0.3) is 17.4 Å². The predicted octanol–water partition coefficient (Wildman–Crippen LogP) is 5.36. The van der Waals surface area contributed by atoms with Crippen molar-refractivity contribution in [2.24, 2.45) is 4.99 Å². The molecule has 1 aliphatic heterocycles. The smallest absolute Gasteiger partial charge is 0.280 e. The fourth-order valence-corrected chi connectivity index (χ4v) is 6.17. The molecule has 6 rings (SSSR count). The van der Waals surface area contributed by atoms with Gasteiger partial charge in [-0.1, -0.05) is 47.7 Å². The summed E-state index contributed by atoms with van der Waals surface area (Å²) in [5.41, 5.74) is 2.82. The minimum Gasteiger partial charge on any atom is -0.497 e. The van der Waals surface area contributed by atoms with Crippen LogP contribution >= 0.6 is 11.3 Å². The van der Waals surface area contributed by atoms with Gasteiger partial charge in [0.15, 0.2) is 4.80 Å². The number of amides is 1. The van der Waals surface area contributed by atoms with Gasteiger partial charge >= 0.3 is 0 Å². The van der Waals surface area contributed by atoms with Crippen LogP contribution in [0.3, 0.4) is 0 Å². The van der Waals surface area contributed by atoms with Crippen LogP contribution in [-0.4, -0.2) is 22.5 Å². The van der Waals surface area contributed by atoms with E-state index in [9.17, 15) is 19.7 Å². The summed E-state index contributed by atoms with van der Waals surface area (Å²) in [4.78, 5) is 44.0. The fraction of sp³-hybridized carbons (Fsp3) is 0.121. The Hall–Kier alpha value is -5.55. The molecule has 0 radical (unpaired) electrons. The van der Waals surface area contributed by atoms with Gasteiger partial charge in [-0.15, -0.1) is 0 Å². The predicted molar refractivity (Wildman–Crippen MR) is 167 cm³/mol. The first-order valence-electron chi connectivity index (χ1n) is 13.6. The first kappa shape index (κ1) is 28.6. The molecule has 0 bridgehead atoms. The molecule has 1 N–H and O–H groups in total. The molecule has 0 unspecified atom stereocenters. The van der Waals surface area contributed by atoms with Crippen molar-refractivity contribution in [3.63, 3.8) is 0 Å². The van der Waals surface area contributed by atoms with E-state index in [0.717, 1.165) is 5.56 Å². The minimum atomic E-state index is -0.759. The van der Waals surface area contributed by atoms with Crippen LogP contribution in [0.1, 0.15) is 29.9 Å². The molecule has 0 saturated heterocycles. The van der Waals surface area contributed by atoms with Crippen LogP contribution in [-0.2, 0) is 4.79 Å². The number of furan rings is 1. The number of ether oxygens (including phenoxy) is 1. The molecule has 11 heteroatoms. The number of benzene rings is 3. The number of aromatic nitrogens is 1. The Kier molecular flexibility index (Phi) is 7.54. The lowest BCUT2D eigenvalue weighted by Crippen LogP contribution is -2.40. The third-order valence-corrected chi connectivity index (χ3v) is 8.23. The number of allylic oxidation sites excluding steroid dienone is 1. The molecule has 5 aromatic rings. The molecule has 44 heavy (non-hydrogen) atoms. The number of nitro benzene ring substituents is 1. The maximum Gasteiger partial charge on any atom is 0.280 e. The van der Waals surface area contributed by atoms with Crippen molar-refractivity contribution in [1.29, 1.82) is 0 Å². The zero-order valence-corrected chi connectivity index (χ0v) is 24.8. The average Bonchev–Trinajstić information content (AvgIpc) is 3.60. The van der Waals surface area contributed by atoms with Crippen LogP contribution in [0.2, 0.25) is 0 Å². The molecule has 220 valence electrons. The summed E-state index contributed by atoms with van der Waals surface area (Å²) < 4.78 is 13.1. The molecule has 0 saturated carbocycles. The summed E-state index contributed by atoms with van der Waals surface area (Å²) >= 11 is 1.17. The van der Waals surface area contributed by atoms with Gasteiger partial charge in [-0.3, -0.25) is 24.3 Å². The molecular weight excluding hydrogens is 580 g/mol. The fourth-order valence-electron chi connectivity index (χ4n) is 5.14. The lowest BCUT2D eigenvalue weighted by atomic mass is 9.95. The van der Waals surface area contributed by atoms with Crippen LogP contribution in [0.4, 0.5) is 11.4 Å². The standard InChI is InChI=1S/C33H26N4O6S/c1-19-9-15-25(26(17-19)37(40)41)27-16-14-24(43-27)18-28-32(39)36-30(21-10-12-23(42-3)13-11-21)29(20(2)34-33(36)44-28)31(38)35-22-7-5-4-6-8-22/h4-18,30H,1-3H3,(H,35,38)/b28-18+/t30-/m0/s1. The Morgan fingerprint density at radius 2 is 1.82 bits per heavy atom. The van der Waals surface area contributed by atoms with Crippen molar-refractivity contribution >= 4 is 34.7 Å². The van der Waals surface area contributed by atoms with E-state index < -0.39 is 11.0 Å². The van der Waals surface area contributed by atoms with Gasteiger partial charge in [0.05, 0.1) is 39.4 Å². The lowest BCUT2D eigenvalue weighted by molar-refractivity contribution is -0.384. The van der Waals surface area contributed by atoms with Gasteiger partial charge in [0.2, 0.25) is 0 Å². The molecule has 3 aromatic carbocycles. The summed E-state index contributed by atoms with van der Waals surface area (Å²) in [6, 6.07) is 23.7. The van der Waals surface area contributed by atoms with E-state index in [2.05, 4.69) is 10.3 Å². The van der Waals surface area contributed by atoms with E-state index >= 15 is 0 Å². The maximum atomic E-state index is 14.0. The van der Waals surface area contributed by atoms with E-state index in [1.54, 1.807) is 75.6 Å². The number of hydrogen-bond donors (Lipinski definition) is 1. The molecule has 2 aromatic heterocycles. The Morgan fingerprint density at radius 3 is 2.52 bits per heavy atom. The van der Waals surface area contributed by atoms with E-state index in [-0.39, 0.29) is 17.2 Å². The number of carbonyl (C=O) groups excluding carboxylic acids is 1. The Bertz CT molecular complexity index is 2130. The number of hydrogen-bond acceptors (Lipinski definition) is 8. The Balaban J connectivity index is 1.45. The Morgan fingerprint density at radius 1 is 1.07 bits per heavy atom. The molecule has 10 nitrogen and oxygen atoms in total. The summed E-state index contributed by atoms with van der Waals surface area (Å²) in [5.74, 6) is 0.920. The second-order valence-corrected chi connectivity index (χ2v) is 11.2. The van der Waals surface area contributed by atoms with Crippen molar-refractivity contribution in [3.05, 3.63) is 143 Å². The number of nitrogens with zero attached hydrogens (tertiary/aromatic N) is 3. The lowest BCUT2D eigenvalue weighted by Gasteiger charge is -2.25. The topological polar surface area (TPSA) is 129 Å². The number of para-hydroxylation sites is 1. The zero-order chi connectivity index (χ0) is 31.0. The van der Waals surface area contributed by atoms with Gasteiger partial charge in [0.25, 0.3) is 17.2 Å². The molecule has 1 amide bonds. The van der Waals surface area contributed by atoms with Gasteiger partial charge in [-0.2, -0.15) is 0 Å². The number of nitro groups is 1. The summed E-state index contributed by atoms with van der Waals surface area (Å²) in [6.45, 7) is 3.53. The monoisotopic (exact) mass is 606 g/mol. The number of nitrogens with one attached hydrogen (secondary N) is 1. The number of rotatable bonds is 7. The number of thiazole rings is 1. The van der Waals surface area contributed by atoms with E-state index in [1.165, 1.54) is 22.0 Å². The zero-order valence-electron chi connectivity index (χ0n) is 23.9. The van der Waals surface area contributed by atoms with Crippen LogP contribution < -0.4 is 24.9 Å². The van der Waals surface area contributed by atoms with Crippen molar-refractivity contribution in [3.8, 4) is 17.1 Å². The Labute approximate surface area is 255 Å². The van der Waals surface area contributed by atoms with E-state index in [4.69, 9.17) is 9.15 Å². The number of anilines is 1. The SMILES string of the molecule is COc1ccc([C@H]2C(C(=O)Nc3ccccc3)=C(C)N=c3s/c(=C/c4ccc(-c5ccc(C)cc5[N+](=O)[O-])o4)c(=O)n32)cc1. The maximum absolute atomic E-state index is 14.0. The second kappa shape index (κ2) is 11.6. The summed E-state index contributed by atoms with van der Waals surface area (Å²) in [7, 11) is 1.57. The molecule has 1 aliphatic rings. The largest absolute Gasteiger partial charge is 0.497 e. The van der Waals surface area contributed by atoms with Crippen LogP contribution in [0.15, 0.2) is 110 Å². The first-order valence-corrected chi connectivity index (χ1v) is 14.4. The first-order chi connectivity index (χ1) is 21.2. The third kappa shape index (κ3) is 5.36. The highest BCUT2D eigenvalue weighted by Gasteiger charge is 2.32. The van der Waals surface area contributed by atoms with Gasteiger partial charge < -0.3 is 14.5 Å². The molecule has 1 atom stereocenters. The third-order valence-electron chi connectivity index (χ3n) is 7.25. The molecule has 0 fully saturated rings. The van der Waals surface area contributed by atoms with Gasteiger partial charge in [-0.25, -0.2) is 4.99 Å². The highest BCUT2D eigenvalue weighted by molar-refractivity contribution is 7.07. The summed E-state index contributed by atoms with van der Waals surface area (Å²) in [6.07, 6.45) is 1.58.